The topological polar surface area (TPSA) is 63.8 Å². The van der Waals surface area contributed by atoms with Crippen LogP contribution < -0.4 is 5.32 Å². The van der Waals surface area contributed by atoms with Crippen molar-refractivity contribution in [2.75, 3.05) is 5.32 Å². The molecule has 0 atom stereocenters. The molecule has 0 amide bonds. The highest BCUT2D eigenvalue weighted by molar-refractivity contribution is 5.31. The van der Waals surface area contributed by atoms with E-state index in [1.807, 2.05) is 13.0 Å². The highest BCUT2D eigenvalue weighted by atomic mass is 16.5. The van der Waals surface area contributed by atoms with E-state index >= 15 is 0 Å². The normalized spacial score (nSPS) is 10.1. The molecule has 2 rings (SSSR count). The molecule has 5 heteroatoms. The van der Waals surface area contributed by atoms with Crippen LogP contribution in [0.4, 0.5) is 5.82 Å². The molecule has 0 saturated heterocycles. The van der Waals surface area contributed by atoms with Gasteiger partial charge in [0.2, 0.25) is 0 Å². The molecule has 0 bridgehead atoms. The summed E-state index contributed by atoms with van der Waals surface area (Å²) in [5.41, 5.74) is 0.879. The van der Waals surface area contributed by atoms with Crippen LogP contribution in [0.5, 0.6) is 0 Å². The number of aryl methyl sites for hydroxylation is 1. The van der Waals surface area contributed by atoms with Crippen molar-refractivity contribution in [2.24, 2.45) is 0 Å². The fourth-order valence-electron chi connectivity index (χ4n) is 1.07. The molecule has 0 unspecified atom stereocenters. The summed E-state index contributed by atoms with van der Waals surface area (Å²) in [5, 5.41) is 6.87. The number of aromatic nitrogens is 3. The Labute approximate surface area is 81.2 Å². The zero-order valence-corrected chi connectivity index (χ0v) is 7.77. The molecule has 0 aliphatic heterocycles. The fraction of sp³-hybridized carbons (Fsp3) is 0.222. The van der Waals surface area contributed by atoms with Crippen LogP contribution in [0.25, 0.3) is 0 Å². The van der Waals surface area contributed by atoms with Crippen LogP contribution in [0.2, 0.25) is 0 Å². The highest BCUT2D eigenvalue weighted by Crippen LogP contribution is 2.05. The predicted molar refractivity (Wildman–Crippen MR) is 50.6 cm³/mol. The summed E-state index contributed by atoms with van der Waals surface area (Å²) in [7, 11) is 0. The molecule has 0 aromatic carbocycles. The summed E-state index contributed by atoms with van der Waals surface area (Å²) in [6, 6.07) is 3.68. The maximum absolute atomic E-state index is 5.03. The summed E-state index contributed by atoms with van der Waals surface area (Å²) >= 11 is 0. The summed E-state index contributed by atoms with van der Waals surface area (Å²) < 4.78 is 5.03. The first kappa shape index (κ1) is 8.68. The monoisotopic (exact) mass is 190 g/mol. The Hall–Kier alpha value is -1.91. The maximum Gasteiger partial charge on any atom is 0.156 e. The van der Waals surface area contributed by atoms with Crippen molar-refractivity contribution >= 4 is 5.82 Å². The quantitative estimate of drug-likeness (QED) is 0.792. The third-order valence-corrected chi connectivity index (χ3v) is 1.70. The Bertz CT molecular complexity index is 398. The van der Waals surface area contributed by atoms with Crippen LogP contribution >= 0.6 is 0 Å². The van der Waals surface area contributed by atoms with Gasteiger partial charge in [0.25, 0.3) is 0 Å². The maximum atomic E-state index is 5.03. The second-order valence-electron chi connectivity index (χ2n) is 2.88. The smallest absolute Gasteiger partial charge is 0.156 e. The summed E-state index contributed by atoms with van der Waals surface area (Å²) in [4.78, 5) is 7.83. The summed E-state index contributed by atoms with van der Waals surface area (Å²) in [5.74, 6) is 1.56. The van der Waals surface area contributed by atoms with E-state index < -0.39 is 0 Å². The van der Waals surface area contributed by atoms with E-state index in [-0.39, 0.29) is 0 Å². The highest BCUT2D eigenvalue weighted by Gasteiger charge is 1.99. The van der Waals surface area contributed by atoms with Crippen LogP contribution in [0.3, 0.4) is 0 Å². The third kappa shape index (κ3) is 2.07. The van der Waals surface area contributed by atoms with Gasteiger partial charge < -0.3 is 9.84 Å². The van der Waals surface area contributed by atoms with Crippen LogP contribution in [0, 0.1) is 6.92 Å². The van der Waals surface area contributed by atoms with Crippen molar-refractivity contribution in [3.8, 4) is 0 Å². The van der Waals surface area contributed by atoms with Gasteiger partial charge in [-0.3, -0.25) is 0 Å². The number of hydrogen-bond acceptors (Lipinski definition) is 5. The Balaban J connectivity index is 1.95. The van der Waals surface area contributed by atoms with Crippen LogP contribution in [-0.2, 0) is 6.54 Å². The molecule has 2 aromatic heterocycles. The minimum atomic E-state index is 0.581. The van der Waals surface area contributed by atoms with Gasteiger partial charge in [-0.15, -0.1) is 0 Å². The molecule has 72 valence electrons. The van der Waals surface area contributed by atoms with E-state index in [1.165, 1.54) is 6.33 Å². The number of nitrogens with zero attached hydrogens (tertiary/aromatic N) is 3. The lowest BCUT2D eigenvalue weighted by Gasteiger charge is -2.00. The lowest BCUT2D eigenvalue weighted by molar-refractivity contribution is 0.384. The van der Waals surface area contributed by atoms with Crippen molar-refractivity contribution in [1.82, 2.24) is 15.1 Å². The molecule has 1 N–H and O–H groups in total. The fourth-order valence-corrected chi connectivity index (χ4v) is 1.07. The average Bonchev–Trinajstić information content (AvgIpc) is 2.63. The largest absolute Gasteiger partial charge is 0.363 e. The van der Waals surface area contributed by atoms with Crippen molar-refractivity contribution in [3.63, 3.8) is 0 Å². The average molecular weight is 190 g/mol. The van der Waals surface area contributed by atoms with Gasteiger partial charge in [-0.25, -0.2) is 9.97 Å². The second-order valence-corrected chi connectivity index (χ2v) is 2.88. The van der Waals surface area contributed by atoms with Crippen LogP contribution in [0.15, 0.2) is 29.2 Å². The molecule has 0 radical (unpaired) electrons. The van der Waals surface area contributed by atoms with Gasteiger partial charge in [-0.05, 0) is 13.0 Å². The van der Waals surface area contributed by atoms with Gasteiger partial charge >= 0.3 is 0 Å². The Kier molecular flexibility index (Phi) is 2.40. The Morgan fingerprint density at radius 2 is 2.43 bits per heavy atom. The number of hydrogen-bond donors (Lipinski definition) is 1. The van der Waals surface area contributed by atoms with Gasteiger partial charge in [-0.2, -0.15) is 0 Å². The Morgan fingerprint density at radius 3 is 3.07 bits per heavy atom. The van der Waals surface area contributed by atoms with E-state index in [1.54, 1.807) is 12.3 Å². The summed E-state index contributed by atoms with van der Waals surface area (Å²) in [6.45, 7) is 2.47. The first-order valence-electron chi connectivity index (χ1n) is 4.26. The summed E-state index contributed by atoms with van der Waals surface area (Å²) in [6.07, 6.45) is 3.18. The zero-order chi connectivity index (χ0) is 9.80. The number of rotatable bonds is 3. The van der Waals surface area contributed by atoms with Crippen molar-refractivity contribution in [2.45, 2.75) is 13.5 Å². The van der Waals surface area contributed by atoms with Gasteiger partial charge in [0.1, 0.15) is 12.1 Å². The predicted octanol–water partition coefficient (Wildman–Crippen LogP) is 1.39. The van der Waals surface area contributed by atoms with E-state index in [0.717, 1.165) is 17.3 Å². The standard InChI is InChI=1S/C9H10N4O/c1-7-4-8(14-13-7)5-11-9-2-3-10-6-12-9/h2-4,6H,5H2,1H3,(H,10,11,12). The molecule has 5 nitrogen and oxygen atoms in total. The molecule has 14 heavy (non-hydrogen) atoms. The van der Waals surface area contributed by atoms with Gasteiger partial charge in [0, 0.05) is 12.3 Å². The minimum absolute atomic E-state index is 0.581. The first-order chi connectivity index (χ1) is 6.84. The van der Waals surface area contributed by atoms with E-state index in [9.17, 15) is 0 Å². The second kappa shape index (κ2) is 3.87. The Morgan fingerprint density at radius 1 is 1.50 bits per heavy atom. The SMILES string of the molecule is Cc1cc(CNc2ccncn2)on1. The van der Waals surface area contributed by atoms with Crippen molar-refractivity contribution in [1.29, 1.82) is 0 Å². The van der Waals surface area contributed by atoms with Crippen LogP contribution in [0.1, 0.15) is 11.5 Å². The molecule has 0 aliphatic carbocycles. The molecular formula is C9H10N4O. The minimum Gasteiger partial charge on any atom is -0.363 e. The molecule has 2 heterocycles. The van der Waals surface area contributed by atoms with E-state index in [0.29, 0.717) is 6.54 Å². The zero-order valence-electron chi connectivity index (χ0n) is 7.77. The number of nitrogens with one attached hydrogen (secondary N) is 1. The number of anilines is 1. The lowest BCUT2D eigenvalue weighted by atomic mass is 10.4. The van der Waals surface area contributed by atoms with Gasteiger partial charge in [0.05, 0.1) is 12.2 Å². The first-order valence-corrected chi connectivity index (χ1v) is 4.26. The van der Waals surface area contributed by atoms with Gasteiger partial charge in [-0.1, -0.05) is 5.16 Å². The van der Waals surface area contributed by atoms with E-state index in [2.05, 4.69) is 20.4 Å². The lowest BCUT2D eigenvalue weighted by Crippen LogP contribution is -1.99. The molecule has 0 saturated carbocycles. The van der Waals surface area contributed by atoms with Gasteiger partial charge in [0.15, 0.2) is 5.76 Å². The van der Waals surface area contributed by atoms with E-state index in [4.69, 9.17) is 4.52 Å². The third-order valence-electron chi connectivity index (χ3n) is 1.70. The van der Waals surface area contributed by atoms with Crippen molar-refractivity contribution < 1.29 is 4.52 Å². The van der Waals surface area contributed by atoms with Crippen molar-refractivity contribution in [3.05, 3.63) is 36.1 Å². The molecule has 0 fully saturated rings. The molecule has 0 spiro atoms. The molecule has 0 aliphatic rings. The van der Waals surface area contributed by atoms with Crippen LogP contribution in [-0.4, -0.2) is 15.1 Å². The molecular weight excluding hydrogens is 180 g/mol. The molecule has 2 aromatic rings.